The van der Waals surface area contributed by atoms with Crippen molar-refractivity contribution in [1.82, 2.24) is 24.7 Å². The molecule has 8 heteroatoms. The fourth-order valence-corrected chi connectivity index (χ4v) is 3.82. The summed E-state index contributed by atoms with van der Waals surface area (Å²) in [6.45, 7) is 0.903. The zero-order valence-corrected chi connectivity index (χ0v) is 15.9. The van der Waals surface area contributed by atoms with Crippen LogP contribution in [0, 0.1) is 0 Å². The molecule has 0 spiro atoms. The first-order valence-corrected chi connectivity index (χ1v) is 9.94. The maximum atomic E-state index is 12.6. The van der Waals surface area contributed by atoms with Gasteiger partial charge >= 0.3 is 0 Å². The summed E-state index contributed by atoms with van der Waals surface area (Å²) in [5, 5.41) is 8.03. The molecule has 0 radical (unpaired) electrons. The van der Waals surface area contributed by atoms with Gasteiger partial charge in [0.2, 0.25) is 0 Å². The van der Waals surface area contributed by atoms with Crippen LogP contribution in [0.4, 0.5) is 5.82 Å². The Hall–Kier alpha value is -3.13. The van der Waals surface area contributed by atoms with Crippen molar-refractivity contribution >= 4 is 5.82 Å². The molecule has 2 aliphatic rings. The highest BCUT2D eigenvalue weighted by Crippen LogP contribution is 2.35. The van der Waals surface area contributed by atoms with E-state index in [0.29, 0.717) is 24.8 Å². The van der Waals surface area contributed by atoms with Crippen molar-refractivity contribution in [3.63, 3.8) is 0 Å². The molecular weight excluding hydrogens is 368 g/mol. The summed E-state index contributed by atoms with van der Waals surface area (Å²) in [6, 6.07) is 8.74. The van der Waals surface area contributed by atoms with Crippen molar-refractivity contribution in [3.05, 3.63) is 65.1 Å². The number of rotatable bonds is 5. The SMILES string of the molecule is O=c1ccc(-c2cccnc2)nn1C1COCC1Nc1cc(C2CCC2)ncn1. The molecule has 2 atom stereocenters. The maximum Gasteiger partial charge on any atom is 0.267 e. The average Bonchev–Trinajstić information content (AvgIpc) is 3.16. The van der Waals surface area contributed by atoms with Gasteiger partial charge in [-0.1, -0.05) is 6.42 Å². The molecule has 0 bridgehead atoms. The molecule has 1 N–H and O–H groups in total. The van der Waals surface area contributed by atoms with Crippen LogP contribution in [0.2, 0.25) is 0 Å². The molecule has 0 amide bonds. The first kappa shape index (κ1) is 17.9. The third kappa shape index (κ3) is 3.63. The third-order valence-corrected chi connectivity index (χ3v) is 5.69. The maximum absolute atomic E-state index is 12.6. The molecular formula is C21H22N6O2. The minimum Gasteiger partial charge on any atom is -0.377 e. The smallest absolute Gasteiger partial charge is 0.267 e. The molecule has 4 heterocycles. The van der Waals surface area contributed by atoms with E-state index in [4.69, 9.17) is 4.74 Å². The van der Waals surface area contributed by atoms with Gasteiger partial charge in [0.25, 0.3) is 5.56 Å². The van der Waals surface area contributed by atoms with Gasteiger partial charge in [-0.05, 0) is 31.0 Å². The van der Waals surface area contributed by atoms with E-state index in [2.05, 4.69) is 25.4 Å². The van der Waals surface area contributed by atoms with Gasteiger partial charge < -0.3 is 10.1 Å². The second-order valence-electron chi connectivity index (χ2n) is 7.55. The van der Waals surface area contributed by atoms with E-state index >= 15 is 0 Å². The van der Waals surface area contributed by atoms with E-state index in [1.54, 1.807) is 30.9 Å². The molecule has 0 aromatic carbocycles. The summed E-state index contributed by atoms with van der Waals surface area (Å²) < 4.78 is 7.20. The largest absolute Gasteiger partial charge is 0.377 e. The molecule has 148 valence electrons. The van der Waals surface area contributed by atoms with E-state index in [9.17, 15) is 4.79 Å². The Balaban J connectivity index is 1.40. The second-order valence-corrected chi connectivity index (χ2v) is 7.55. The molecule has 3 aromatic heterocycles. The van der Waals surface area contributed by atoms with Crippen LogP contribution >= 0.6 is 0 Å². The van der Waals surface area contributed by atoms with Gasteiger partial charge in [-0.3, -0.25) is 9.78 Å². The van der Waals surface area contributed by atoms with Gasteiger partial charge in [0.15, 0.2) is 0 Å². The van der Waals surface area contributed by atoms with Crippen LogP contribution in [-0.2, 0) is 4.74 Å². The number of ether oxygens (including phenoxy) is 1. The first-order chi connectivity index (χ1) is 14.3. The topological polar surface area (TPSA) is 94.8 Å². The minimum atomic E-state index is -0.221. The van der Waals surface area contributed by atoms with Crippen molar-refractivity contribution < 1.29 is 4.74 Å². The zero-order chi connectivity index (χ0) is 19.6. The van der Waals surface area contributed by atoms with Gasteiger partial charge in [-0.15, -0.1) is 0 Å². The van der Waals surface area contributed by atoms with Crippen molar-refractivity contribution in [3.8, 4) is 11.3 Å². The Bertz CT molecular complexity index is 1050. The van der Waals surface area contributed by atoms with Crippen LogP contribution < -0.4 is 10.9 Å². The van der Waals surface area contributed by atoms with Crippen molar-refractivity contribution in [2.45, 2.75) is 37.3 Å². The molecule has 2 fully saturated rings. The van der Waals surface area contributed by atoms with Crippen LogP contribution in [0.1, 0.15) is 36.9 Å². The lowest BCUT2D eigenvalue weighted by molar-refractivity contribution is 0.183. The zero-order valence-electron chi connectivity index (χ0n) is 15.9. The summed E-state index contributed by atoms with van der Waals surface area (Å²) in [5.74, 6) is 1.30. The number of hydrogen-bond donors (Lipinski definition) is 1. The van der Waals surface area contributed by atoms with E-state index in [-0.39, 0.29) is 17.6 Å². The Labute approximate surface area is 168 Å². The van der Waals surface area contributed by atoms with Crippen molar-refractivity contribution in [2.24, 2.45) is 0 Å². The molecule has 3 aromatic rings. The van der Waals surface area contributed by atoms with E-state index in [0.717, 1.165) is 17.1 Å². The molecule has 1 aliphatic carbocycles. The van der Waals surface area contributed by atoms with Crippen molar-refractivity contribution in [2.75, 3.05) is 18.5 Å². The fraction of sp³-hybridized carbons (Fsp3) is 0.381. The first-order valence-electron chi connectivity index (χ1n) is 9.94. The van der Waals surface area contributed by atoms with Crippen LogP contribution in [0.5, 0.6) is 0 Å². The summed E-state index contributed by atoms with van der Waals surface area (Å²) in [5.41, 5.74) is 2.50. The lowest BCUT2D eigenvalue weighted by Crippen LogP contribution is -2.37. The Morgan fingerprint density at radius 3 is 2.86 bits per heavy atom. The molecule has 5 rings (SSSR count). The number of anilines is 1. The van der Waals surface area contributed by atoms with Crippen LogP contribution in [-0.4, -0.2) is 44.0 Å². The lowest BCUT2D eigenvalue weighted by Gasteiger charge is -2.25. The lowest BCUT2D eigenvalue weighted by atomic mass is 9.83. The number of pyridine rings is 1. The molecule has 8 nitrogen and oxygen atoms in total. The highest BCUT2D eigenvalue weighted by molar-refractivity contribution is 5.56. The molecule has 2 unspecified atom stereocenters. The number of nitrogens with one attached hydrogen (secondary N) is 1. The van der Waals surface area contributed by atoms with Gasteiger partial charge in [0.1, 0.15) is 18.2 Å². The quantitative estimate of drug-likeness (QED) is 0.715. The Morgan fingerprint density at radius 1 is 1.14 bits per heavy atom. The van der Waals surface area contributed by atoms with Gasteiger partial charge in [-0.25, -0.2) is 14.6 Å². The summed E-state index contributed by atoms with van der Waals surface area (Å²) >= 11 is 0. The number of aromatic nitrogens is 5. The second kappa shape index (κ2) is 7.71. The highest BCUT2D eigenvalue weighted by atomic mass is 16.5. The van der Waals surface area contributed by atoms with Gasteiger partial charge in [0.05, 0.1) is 24.9 Å². The number of nitrogens with zero attached hydrogens (tertiary/aromatic N) is 5. The summed E-state index contributed by atoms with van der Waals surface area (Å²) in [6.07, 6.45) is 8.69. The van der Waals surface area contributed by atoms with Gasteiger partial charge in [0, 0.05) is 41.7 Å². The summed E-state index contributed by atoms with van der Waals surface area (Å²) in [7, 11) is 0. The average molecular weight is 390 g/mol. The standard InChI is InChI=1S/C21H22N6O2/c28-21-7-6-16(15-5-2-8-22-10-15)26-27(21)19-12-29-11-18(19)25-20-9-17(23-13-24-20)14-3-1-4-14/h2,5-10,13-14,18-19H,1,3-4,11-12H2,(H,23,24,25). The van der Waals surface area contributed by atoms with Crippen LogP contribution in [0.25, 0.3) is 11.3 Å². The predicted octanol–water partition coefficient (Wildman–Crippen LogP) is 2.41. The number of hydrogen-bond acceptors (Lipinski definition) is 7. The van der Waals surface area contributed by atoms with Crippen LogP contribution in [0.15, 0.2) is 53.8 Å². The van der Waals surface area contributed by atoms with E-state index in [1.807, 2.05) is 18.2 Å². The molecule has 1 saturated carbocycles. The van der Waals surface area contributed by atoms with Crippen LogP contribution in [0.3, 0.4) is 0 Å². The minimum absolute atomic E-state index is 0.103. The van der Waals surface area contributed by atoms with E-state index in [1.165, 1.54) is 23.9 Å². The predicted molar refractivity (Wildman–Crippen MR) is 108 cm³/mol. The molecule has 29 heavy (non-hydrogen) atoms. The monoisotopic (exact) mass is 390 g/mol. The normalized spacial score (nSPS) is 21.7. The Morgan fingerprint density at radius 2 is 2.07 bits per heavy atom. The third-order valence-electron chi connectivity index (χ3n) is 5.69. The molecule has 1 saturated heterocycles. The van der Waals surface area contributed by atoms with E-state index < -0.39 is 0 Å². The van der Waals surface area contributed by atoms with Crippen molar-refractivity contribution in [1.29, 1.82) is 0 Å². The Kier molecular flexibility index (Phi) is 4.77. The molecule has 1 aliphatic heterocycles. The fourth-order valence-electron chi connectivity index (χ4n) is 3.82. The van der Waals surface area contributed by atoms with Gasteiger partial charge in [-0.2, -0.15) is 5.10 Å². The summed E-state index contributed by atoms with van der Waals surface area (Å²) in [4.78, 5) is 25.5. The highest BCUT2D eigenvalue weighted by Gasteiger charge is 2.32.